The maximum absolute atomic E-state index is 11.9. The Morgan fingerprint density at radius 3 is 2.42 bits per heavy atom. The van der Waals surface area contributed by atoms with Crippen molar-refractivity contribution >= 4 is 5.91 Å². The van der Waals surface area contributed by atoms with Gasteiger partial charge in [0, 0.05) is 25.0 Å². The predicted molar refractivity (Wildman–Crippen MR) is 75.9 cm³/mol. The van der Waals surface area contributed by atoms with Crippen molar-refractivity contribution in [2.45, 2.75) is 59.0 Å². The van der Waals surface area contributed by atoms with Gasteiger partial charge in [0.1, 0.15) is 0 Å². The number of amides is 1. The number of ether oxygens (including phenoxy) is 1. The van der Waals surface area contributed by atoms with Gasteiger partial charge in [0.15, 0.2) is 0 Å². The van der Waals surface area contributed by atoms with E-state index in [1.165, 1.54) is 0 Å². The summed E-state index contributed by atoms with van der Waals surface area (Å²) in [6, 6.07) is 0. The third-order valence-electron chi connectivity index (χ3n) is 4.56. The zero-order valence-corrected chi connectivity index (χ0v) is 12.6. The molecule has 1 amide bonds. The van der Waals surface area contributed by atoms with Crippen LogP contribution >= 0.6 is 0 Å². The summed E-state index contributed by atoms with van der Waals surface area (Å²) < 4.78 is 5.49. The molecule has 0 aromatic carbocycles. The molecule has 0 radical (unpaired) electrons. The van der Waals surface area contributed by atoms with Crippen molar-refractivity contribution in [3.8, 4) is 0 Å². The van der Waals surface area contributed by atoms with Gasteiger partial charge in [-0.2, -0.15) is 0 Å². The van der Waals surface area contributed by atoms with Gasteiger partial charge in [-0.1, -0.05) is 13.8 Å². The standard InChI is InChI=1S/C15H29NO3/c1-4-15(5-2,11-17)10-16-14(18)9-12-7-13(8-12)19-6-3/h12-13,17H,4-11H2,1-3H3,(H,16,18). The minimum absolute atomic E-state index is 0.111. The summed E-state index contributed by atoms with van der Waals surface area (Å²) in [6.45, 7) is 7.60. The molecular formula is C15H29NO3. The summed E-state index contributed by atoms with van der Waals surface area (Å²) in [7, 11) is 0. The molecule has 0 aromatic rings. The lowest BCUT2D eigenvalue weighted by molar-refractivity contribution is -0.125. The molecular weight excluding hydrogens is 242 g/mol. The molecule has 0 aliphatic heterocycles. The van der Waals surface area contributed by atoms with Crippen LogP contribution in [-0.4, -0.2) is 36.9 Å². The van der Waals surface area contributed by atoms with E-state index in [1.54, 1.807) is 0 Å². The van der Waals surface area contributed by atoms with Crippen molar-refractivity contribution in [2.24, 2.45) is 11.3 Å². The van der Waals surface area contributed by atoms with Crippen LogP contribution in [0.4, 0.5) is 0 Å². The lowest BCUT2D eigenvalue weighted by Gasteiger charge is -2.35. The highest BCUT2D eigenvalue weighted by Gasteiger charge is 2.32. The van der Waals surface area contributed by atoms with Gasteiger partial charge in [-0.05, 0) is 38.5 Å². The van der Waals surface area contributed by atoms with Gasteiger partial charge < -0.3 is 15.2 Å². The number of hydrogen-bond acceptors (Lipinski definition) is 3. The zero-order valence-electron chi connectivity index (χ0n) is 12.6. The molecule has 112 valence electrons. The van der Waals surface area contributed by atoms with E-state index in [4.69, 9.17) is 4.74 Å². The molecule has 1 fully saturated rings. The first-order valence-corrected chi connectivity index (χ1v) is 7.58. The number of rotatable bonds is 9. The van der Waals surface area contributed by atoms with Gasteiger partial charge in [0.25, 0.3) is 0 Å². The highest BCUT2D eigenvalue weighted by Crippen LogP contribution is 2.32. The van der Waals surface area contributed by atoms with Gasteiger partial charge in [-0.3, -0.25) is 4.79 Å². The van der Waals surface area contributed by atoms with E-state index in [2.05, 4.69) is 19.2 Å². The van der Waals surface area contributed by atoms with Crippen LogP contribution in [0.15, 0.2) is 0 Å². The number of nitrogens with one attached hydrogen (secondary N) is 1. The highest BCUT2D eigenvalue weighted by atomic mass is 16.5. The van der Waals surface area contributed by atoms with Gasteiger partial charge in [-0.15, -0.1) is 0 Å². The Kier molecular flexibility index (Phi) is 6.80. The first-order valence-electron chi connectivity index (χ1n) is 7.58. The molecule has 1 saturated carbocycles. The van der Waals surface area contributed by atoms with E-state index in [0.717, 1.165) is 32.3 Å². The van der Waals surface area contributed by atoms with E-state index in [-0.39, 0.29) is 17.9 Å². The van der Waals surface area contributed by atoms with Crippen LogP contribution in [0, 0.1) is 11.3 Å². The normalized spacial score (nSPS) is 22.9. The summed E-state index contributed by atoms with van der Waals surface area (Å²) >= 11 is 0. The van der Waals surface area contributed by atoms with Crippen LogP contribution in [0.2, 0.25) is 0 Å². The Labute approximate surface area is 116 Å². The van der Waals surface area contributed by atoms with Gasteiger partial charge in [0.2, 0.25) is 5.91 Å². The van der Waals surface area contributed by atoms with Crippen molar-refractivity contribution in [1.82, 2.24) is 5.32 Å². The SMILES string of the molecule is CCOC1CC(CC(=O)NCC(CC)(CC)CO)C1. The molecule has 0 heterocycles. The lowest BCUT2D eigenvalue weighted by Crippen LogP contribution is -2.41. The fourth-order valence-electron chi connectivity index (χ4n) is 2.61. The molecule has 0 aromatic heterocycles. The molecule has 0 bridgehead atoms. The van der Waals surface area contributed by atoms with Crippen LogP contribution in [0.25, 0.3) is 0 Å². The number of aliphatic hydroxyl groups excluding tert-OH is 1. The second-order valence-corrected chi connectivity index (χ2v) is 5.76. The second kappa shape index (κ2) is 7.85. The molecule has 4 nitrogen and oxygen atoms in total. The van der Waals surface area contributed by atoms with Crippen molar-refractivity contribution in [3.05, 3.63) is 0 Å². The molecule has 2 N–H and O–H groups in total. The minimum atomic E-state index is -0.150. The van der Waals surface area contributed by atoms with Crippen LogP contribution in [0.3, 0.4) is 0 Å². The fraction of sp³-hybridized carbons (Fsp3) is 0.933. The number of hydrogen-bond donors (Lipinski definition) is 2. The average molecular weight is 271 g/mol. The van der Waals surface area contributed by atoms with E-state index in [0.29, 0.717) is 25.0 Å². The summed E-state index contributed by atoms with van der Waals surface area (Å²) in [5, 5.41) is 12.4. The summed E-state index contributed by atoms with van der Waals surface area (Å²) in [4.78, 5) is 11.9. The van der Waals surface area contributed by atoms with Crippen molar-refractivity contribution < 1.29 is 14.6 Å². The topological polar surface area (TPSA) is 58.6 Å². The molecule has 1 aliphatic carbocycles. The molecule has 1 aliphatic rings. The average Bonchev–Trinajstić information content (AvgIpc) is 2.39. The van der Waals surface area contributed by atoms with Crippen molar-refractivity contribution in [3.63, 3.8) is 0 Å². The van der Waals surface area contributed by atoms with Crippen molar-refractivity contribution in [1.29, 1.82) is 0 Å². The van der Waals surface area contributed by atoms with Crippen LogP contribution in [0.1, 0.15) is 52.9 Å². The Morgan fingerprint density at radius 1 is 1.32 bits per heavy atom. The van der Waals surface area contributed by atoms with Crippen LogP contribution < -0.4 is 5.32 Å². The van der Waals surface area contributed by atoms with E-state index < -0.39 is 0 Å². The lowest BCUT2D eigenvalue weighted by atomic mass is 9.79. The molecule has 19 heavy (non-hydrogen) atoms. The second-order valence-electron chi connectivity index (χ2n) is 5.76. The fourth-order valence-corrected chi connectivity index (χ4v) is 2.61. The highest BCUT2D eigenvalue weighted by molar-refractivity contribution is 5.76. The van der Waals surface area contributed by atoms with Gasteiger partial charge in [-0.25, -0.2) is 0 Å². The molecule has 4 heteroatoms. The molecule has 1 rings (SSSR count). The molecule has 0 saturated heterocycles. The monoisotopic (exact) mass is 271 g/mol. The zero-order chi connectivity index (χ0) is 14.3. The third-order valence-corrected chi connectivity index (χ3v) is 4.56. The summed E-state index contributed by atoms with van der Waals surface area (Å²) in [6.07, 6.45) is 4.75. The molecule has 0 atom stereocenters. The van der Waals surface area contributed by atoms with Crippen LogP contribution in [0.5, 0.6) is 0 Å². The Bertz CT molecular complexity index is 262. The molecule has 0 spiro atoms. The number of carbonyl (C=O) groups is 1. The maximum Gasteiger partial charge on any atom is 0.220 e. The largest absolute Gasteiger partial charge is 0.396 e. The number of aliphatic hydroxyl groups is 1. The Morgan fingerprint density at radius 2 is 1.95 bits per heavy atom. The summed E-state index contributed by atoms with van der Waals surface area (Å²) in [5.41, 5.74) is -0.150. The van der Waals surface area contributed by atoms with Gasteiger partial charge in [0.05, 0.1) is 12.7 Å². The smallest absolute Gasteiger partial charge is 0.220 e. The van der Waals surface area contributed by atoms with Crippen molar-refractivity contribution in [2.75, 3.05) is 19.8 Å². The number of carbonyl (C=O) groups excluding carboxylic acids is 1. The van der Waals surface area contributed by atoms with E-state index in [9.17, 15) is 9.90 Å². The predicted octanol–water partition coefficient (Wildman–Crippen LogP) is 2.11. The maximum atomic E-state index is 11.9. The first-order chi connectivity index (χ1) is 9.09. The van der Waals surface area contributed by atoms with Crippen LogP contribution in [-0.2, 0) is 9.53 Å². The quantitative estimate of drug-likeness (QED) is 0.675. The molecule has 0 unspecified atom stereocenters. The minimum Gasteiger partial charge on any atom is -0.396 e. The first kappa shape index (κ1) is 16.4. The Hall–Kier alpha value is -0.610. The Balaban J connectivity index is 2.22. The van der Waals surface area contributed by atoms with E-state index >= 15 is 0 Å². The summed E-state index contributed by atoms with van der Waals surface area (Å²) in [5.74, 6) is 0.586. The van der Waals surface area contributed by atoms with Gasteiger partial charge >= 0.3 is 0 Å². The third kappa shape index (κ3) is 4.77. The van der Waals surface area contributed by atoms with E-state index in [1.807, 2.05) is 6.92 Å².